The van der Waals surface area contributed by atoms with E-state index < -0.39 is 0 Å². The molecule has 0 N–H and O–H groups in total. The third-order valence-electron chi connectivity index (χ3n) is 3.85. The zero-order valence-corrected chi connectivity index (χ0v) is 12.9. The van der Waals surface area contributed by atoms with E-state index in [0.717, 1.165) is 32.1 Å². The third kappa shape index (κ3) is 2.12. The molecule has 0 aliphatic heterocycles. The zero-order valence-electron chi connectivity index (χ0n) is 12.1. The van der Waals surface area contributed by atoms with Crippen LogP contribution in [0.2, 0.25) is 0 Å². The van der Waals surface area contributed by atoms with Gasteiger partial charge in [-0.05, 0) is 23.8 Å². The van der Waals surface area contributed by atoms with E-state index in [9.17, 15) is 4.79 Å². The minimum absolute atomic E-state index is 0.122. The average molecular weight is 306 g/mol. The van der Waals surface area contributed by atoms with E-state index in [1.165, 1.54) is 0 Å². The van der Waals surface area contributed by atoms with Crippen LogP contribution in [0.3, 0.4) is 0 Å². The minimum atomic E-state index is 0.122. The number of hydrogen-bond acceptors (Lipinski definition) is 3. The maximum absolute atomic E-state index is 12.9. The lowest BCUT2D eigenvalue weighted by atomic mass is 10.1. The van der Waals surface area contributed by atoms with E-state index in [0.29, 0.717) is 6.54 Å². The number of fused-ring (bicyclic) bond motifs is 3. The molecule has 108 valence electrons. The first-order valence-corrected chi connectivity index (χ1v) is 8.01. The Morgan fingerprint density at radius 1 is 1.18 bits per heavy atom. The van der Waals surface area contributed by atoms with Crippen molar-refractivity contribution in [1.82, 2.24) is 9.55 Å². The van der Waals surface area contributed by atoms with Gasteiger partial charge in [0.2, 0.25) is 0 Å². The van der Waals surface area contributed by atoms with Crippen LogP contribution in [-0.2, 0) is 6.54 Å². The van der Waals surface area contributed by atoms with Crippen molar-refractivity contribution in [3.05, 3.63) is 75.8 Å². The summed E-state index contributed by atoms with van der Waals surface area (Å²) in [6.45, 7) is 2.51. The molecule has 0 fully saturated rings. The highest BCUT2D eigenvalue weighted by Gasteiger charge is 2.09. The van der Waals surface area contributed by atoms with Gasteiger partial charge in [0.25, 0.3) is 0 Å². The Morgan fingerprint density at radius 2 is 2.05 bits per heavy atom. The SMILES string of the molecule is Cc1cn(Cc2csc3ccc4ccccc4c3c2=O)cn1. The standard InChI is InChI=1S/C18H14N2OS/c1-12-8-20(11-19-12)9-14-10-22-16-7-6-13-4-2-3-5-15(13)17(16)18(14)21/h2-8,10-11H,9H2,1H3. The highest BCUT2D eigenvalue weighted by atomic mass is 32.1. The molecule has 2 heterocycles. The van der Waals surface area contributed by atoms with Gasteiger partial charge in [-0.3, -0.25) is 4.79 Å². The van der Waals surface area contributed by atoms with Crippen molar-refractivity contribution in [2.24, 2.45) is 0 Å². The topological polar surface area (TPSA) is 34.9 Å². The summed E-state index contributed by atoms with van der Waals surface area (Å²) in [7, 11) is 0. The molecular formula is C18H14N2OS. The van der Waals surface area contributed by atoms with Gasteiger partial charge < -0.3 is 4.57 Å². The summed E-state index contributed by atoms with van der Waals surface area (Å²) in [6, 6.07) is 12.2. The van der Waals surface area contributed by atoms with E-state index in [1.807, 2.05) is 53.4 Å². The number of benzene rings is 2. The van der Waals surface area contributed by atoms with Gasteiger partial charge >= 0.3 is 0 Å². The lowest BCUT2D eigenvalue weighted by molar-refractivity contribution is 0.795. The van der Waals surface area contributed by atoms with Crippen molar-refractivity contribution in [3.63, 3.8) is 0 Å². The zero-order chi connectivity index (χ0) is 15.1. The van der Waals surface area contributed by atoms with Crippen LogP contribution in [0.25, 0.3) is 20.9 Å². The Balaban J connectivity index is 1.96. The highest BCUT2D eigenvalue weighted by molar-refractivity contribution is 7.16. The second-order valence-corrected chi connectivity index (χ2v) is 6.35. The van der Waals surface area contributed by atoms with E-state index in [4.69, 9.17) is 0 Å². The lowest BCUT2D eigenvalue weighted by Crippen LogP contribution is -2.11. The molecule has 4 heteroatoms. The van der Waals surface area contributed by atoms with Crippen LogP contribution in [0.1, 0.15) is 11.3 Å². The lowest BCUT2D eigenvalue weighted by Gasteiger charge is -2.06. The molecule has 0 aliphatic carbocycles. The van der Waals surface area contributed by atoms with Crippen LogP contribution in [0, 0.1) is 6.92 Å². The summed E-state index contributed by atoms with van der Waals surface area (Å²) in [5.41, 5.74) is 1.89. The third-order valence-corrected chi connectivity index (χ3v) is 4.85. The number of nitrogens with zero attached hydrogens (tertiary/aromatic N) is 2. The molecule has 3 nitrogen and oxygen atoms in total. The van der Waals surface area contributed by atoms with Gasteiger partial charge in [0.05, 0.1) is 18.6 Å². The Kier molecular flexibility index (Phi) is 3.05. The first kappa shape index (κ1) is 13.2. The molecule has 0 radical (unpaired) electrons. The van der Waals surface area contributed by atoms with E-state index in [1.54, 1.807) is 17.7 Å². The summed E-state index contributed by atoms with van der Waals surface area (Å²) in [4.78, 5) is 17.1. The van der Waals surface area contributed by atoms with Gasteiger partial charge in [-0.15, -0.1) is 11.3 Å². The smallest absolute Gasteiger partial charge is 0.193 e. The number of rotatable bonds is 2. The molecule has 0 spiro atoms. The molecule has 0 saturated carbocycles. The van der Waals surface area contributed by atoms with E-state index in [-0.39, 0.29) is 5.43 Å². The van der Waals surface area contributed by atoms with Crippen LogP contribution in [0.4, 0.5) is 0 Å². The largest absolute Gasteiger partial charge is 0.333 e. The van der Waals surface area contributed by atoms with Crippen molar-refractivity contribution in [3.8, 4) is 0 Å². The maximum atomic E-state index is 12.9. The number of hydrogen-bond donors (Lipinski definition) is 0. The molecule has 0 bridgehead atoms. The molecular weight excluding hydrogens is 292 g/mol. The van der Waals surface area contributed by atoms with Gasteiger partial charge in [0, 0.05) is 27.2 Å². The van der Waals surface area contributed by atoms with Crippen molar-refractivity contribution < 1.29 is 0 Å². The molecule has 0 amide bonds. The fourth-order valence-electron chi connectivity index (χ4n) is 2.80. The summed E-state index contributed by atoms with van der Waals surface area (Å²) < 4.78 is 2.99. The molecule has 0 saturated heterocycles. The second-order valence-electron chi connectivity index (χ2n) is 5.44. The Hall–Kier alpha value is -2.46. The number of aryl methyl sites for hydroxylation is 1. The highest BCUT2D eigenvalue weighted by Crippen LogP contribution is 2.26. The fraction of sp³-hybridized carbons (Fsp3) is 0.111. The van der Waals surface area contributed by atoms with Crippen LogP contribution in [0.5, 0.6) is 0 Å². The predicted octanol–water partition coefficient (Wildman–Crippen LogP) is 3.97. The molecule has 2 aromatic carbocycles. The Labute approximate surface area is 131 Å². The van der Waals surface area contributed by atoms with E-state index in [2.05, 4.69) is 11.1 Å². The van der Waals surface area contributed by atoms with Gasteiger partial charge in [0.1, 0.15) is 0 Å². The van der Waals surface area contributed by atoms with Crippen molar-refractivity contribution in [2.75, 3.05) is 0 Å². The molecule has 0 unspecified atom stereocenters. The van der Waals surface area contributed by atoms with Crippen LogP contribution < -0.4 is 5.43 Å². The van der Waals surface area contributed by atoms with Crippen LogP contribution in [-0.4, -0.2) is 9.55 Å². The number of imidazole rings is 1. The van der Waals surface area contributed by atoms with Gasteiger partial charge in [-0.1, -0.05) is 30.3 Å². The molecule has 0 aliphatic rings. The molecule has 4 aromatic rings. The normalized spacial score (nSPS) is 11.3. The monoisotopic (exact) mass is 306 g/mol. The quantitative estimate of drug-likeness (QED) is 0.525. The van der Waals surface area contributed by atoms with Gasteiger partial charge in [-0.2, -0.15) is 0 Å². The van der Waals surface area contributed by atoms with Crippen molar-refractivity contribution in [1.29, 1.82) is 0 Å². The molecule has 22 heavy (non-hydrogen) atoms. The fourth-order valence-corrected chi connectivity index (χ4v) is 3.71. The van der Waals surface area contributed by atoms with Crippen molar-refractivity contribution in [2.45, 2.75) is 13.5 Å². The van der Waals surface area contributed by atoms with Crippen molar-refractivity contribution >= 4 is 32.2 Å². The molecule has 4 rings (SSSR count). The van der Waals surface area contributed by atoms with Crippen LogP contribution >= 0.6 is 11.3 Å². The average Bonchev–Trinajstić information content (AvgIpc) is 2.95. The van der Waals surface area contributed by atoms with E-state index >= 15 is 0 Å². The Bertz CT molecular complexity index is 1050. The van der Waals surface area contributed by atoms with Gasteiger partial charge in [0.15, 0.2) is 5.43 Å². The summed E-state index contributed by atoms with van der Waals surface area (Å²) in [5.74, 6) is 0. The maximum Gasteiger partial charge on any atom is 0.193 e. The minimum Gasteiger partial charge on any atom is -0.333 e. The van der Waals surface area contributed by atoms with Crippen LogP contribution in [0.15, 0.2) is 59.1 Å². The predicted molar refractivity (Wildman–Crippen MR) is 91.7 cm³/mol. The first-order chi connectivity index (χ1) is 10.7. The summed E-state index contributed by atoms with van der Waals surface area (Å²) in [5, 5.41) is 4.94. The summed E-state index contributed by atoms with van der Waals surface area (Å²) >= 11 is 1.62. The number of aromatic nitrogens is 2. The Morgan fingerprint density at radius 3 is 2.86 bits per heavy atom. The molecule has 0 atom stereocenters. The summed E-state index contributed by atoms with van der Waals surface area (Å²) in [6.07, 6.45) is 3.73. The second kappa shape index (κ2) is 5.07. The van der Waals surface area contributed by atoms with Gasteiger partial charge in [-0.25, -0.2) is 4.98 Å². The molecule has 2 aromatic heterocycles. The first-order valence-electron chi connectivity index (χ1n) is 7.13.